The third kappa shape index (κ3) is 3.24. The van der Waals surface area contributed by atoms with E-state index in [-0.39, 0.29) is 12.5 Å². The Morgan fingerprint density at radius 1 is 1.33 bits per heavy atom. The maximum atomic E-state index is 12.4. The highest BCUT2D eigenvalue weighted by atomic mass is 35.5. The molecule has 0 radical (unpaired) electrons. The van der Waals surface area contributed by atoms with Crippen molar-refractivity contribution < 1.29 is 14.4 Å². The summed E-state index contributed by atoms with van der Waals surface area (Å²) in [7, 11) is 1.59. The van der Waals surface area contributed by atoms with Crippen molar-refractivity contribution >= 4 is 29.3 Å². The lowest BCUT2D eigenvalue weighted by molar-refractivity contribution is -0.152. The van der Waals surface area contributed by atoms with Gasteiger partial charge < -0.3 is 14.7 Å². The van der Waals surface area contributed by atoms with Crippen LogP contribution in [0.25, 0.3) is 0 Å². The average molecular weight is 354 g/mol. The van der Waals surface area contributed by atoms with Crippen LogP contribution >= 0.6 is 11.6 Å². The third-order valence-electron chi connectivity index (χ3n) is 4.51. The second-order valence-corrected chi connectivity index (χ2v) is 6.51. The van der Waals surface area contributed by atoms with Crippen molar-refractivity contribution in [3.05, 3.63) is 16.9 Å². The van der Waals surface area contributed by atoms with Gasteiger partial charge in [-0.05, 0) is 6.42 Å². The molecule has 2 aliphatic rings. The van der Waals surface area contributed by atoms with Crippen molar-refractivity contribution in [2.75, 3.05) is 33.2 Å². The fourth-order valence-electron chi connectivity index (χ4n) is 3.00. The van der Waals surface area contributed by atoms with E-state index < -0.39 is 11.8 Å². The highest BCUT2D eigenvalue weighted by Crippen LogP contribution is 2.20. The number of likely N-dealkylation sites (N-methyl/N-ethyl adjacent to an activating group) is 1. The summed E-state index contributed by atoms with van der Waals surface area (Å²) in [6.07, 6.45) is 2.97. The molecule has 2 aliphatic heterocycles. The average Bonchev–Trinajstić information content (AvgIpc) is 3.17. The molecule has 0 spiro atoms. The first-order chi connectivity index (χ1) is 11.5. The minimum absolute atomic E-state index is 0.112. The number of hydrogen-bond acceptors (Lipinski definition) is 4. The zero-order valence-corrected chi connectivity index (χ0v) is 14.3. The van der Waals surface area contributed by atoms with Crippen LogP contribution in [0.1, 0.15) is 18.5 Å². The van der Waals surface area contributed by atoms with Gasteiger partial charge in [0.1, 0.15) is 0 Å². The second kappa shape index (κ2) is 6.80. The summed E-state index contributed by atoms with van der Waals surface area (Å²) in [6, 6.07) is 0. The van der Waals surface area contributed by atoms with Gasteiger partial charge in [-0.3, -0.25) is 19.1 Å². The number of carbonyl (C=O) groups is 3. The van der Waals surface area contributed by atoms with Crippen LogP contribution in [-0.4, -0.2) is 75.4 Å². The molecule has 0 aromatic carbocycles. The highest BCUT2D eigenvalue weighted by molar-refractivity contribution is 6.35. The topological polar surface area (TPSA) is 78.8 Å². The van der Waals surface area contributed by atoms with Crippen LogP contribution < -0.4 is 0 Å². The Morgan fingerprint density at radius 3 is 2.83 bits per heavy atom. The molecule has 1 aromatic heterocycles. The van der Waals surface area contributed by atoms with E-state index in [2.05, 4.69) is 5.10 Å². The molecule has 0 unspecified atom stereocenters. The van der Waals surface area contributed by atoms with E-state index in [0.29, 0.717) is 37.6 Å². The van der Waals surface area contributed by atoms with Crippen LogP contribution in [0, 0.1) is 0 Å². The zero-order chi connectivity index (χ0) is 17.3. The molecule has 0 saturated carbocycles. The van der Waals surface area contributed by atoms with Crippen LogP contribution in [0.5, 0.6) is 0 Å². The first kappa shape index (κ1) is 16.8. The van der Waals surface area contributed by atoms with E-state index in [1.165, 1.54) is 9.80 Å². The molecule has 3 amide bonds. The summed E-state index contributed by atoms with van der Waals surface area (Å²) in [5.74, 6) is -0.999. The molecule has 130 valence electrons. The minimum Gasteiger partial charge on any atom is -0.341 e. The van der Waals surface area contributed by atoms with Crippen molar-refractivity contribution in [3.63, 3.8) is 0 Å². The number of rotatable bonds is 3. The van der Waals surface area contributed by atoms with Gasteiger partial charge >= 0.3 is 11.8 Å². The maximum absolute atomic E-state index is 12.4. The molecule has 9 heteroatoms. The highest BCUT2D eigenvalue weighted by Gasteiger charge is 2.30. The predicted molar refractivity (Wildman–Crippen MR) is 86.1 cm³/mol. The largest absolute Gasteiger partial charge is 0.341 e. The van der Waals surface area contributed by atoms with Gasteiger partial charge in [-0.15, -0.1) is 0 Å². The summed E-state index contributed by atoms with van der Waals surface area (Å²) >= 11 is 6.05. The Morgan fingerprint density at radius 2 is 2.12 bits per heavy atom. The molecular weight excluding hydrogens is 334 g/mol. The number of nitrogens with zero attached hydrogens (tertiary/aromatic N) is 5. The molecule has 3 heterocycles. The first-order valence-corrected chi connectivity index (χ1v) is 8.37. The second-order valence-electron chi connectivity index (χ2n) is 6.10. The van der Waals surface area contributed by atoms with Gasteiger partial charge in [-0.2, -0.15) is 5.10 Å². The Bertz CT molecular complexity index is 674. The quantitative estimate of drug-likeness (QED) is 0.714. The molecule has 0 aliphatic carbocycles. The fraction of sp³-hybridized carbons (Fsp3) is 0.600. The van der Waals surface area contributed by atoms with E-state index >= 15 is 0 Å². The zero-order valence-electron chi connectivity index (χ0n) is 13.6. The Kier molecular flexibility index (Phi) is 4.75. The number of hydrogen-bond donors (Lipinski definition) is 0. The number of halogens is 1. The Labute approximate surface area is 144 Å². The summed E-state index contributed by atoms with van der Waals surface area (Å²) < 4.78 is 1.75. The van der Waals surface area contributed by atoms with Crippen molar-refractivity contribution in [3.8, 4) is 0 Å². The maximum Gasteiger partial charge on any atom is 0.312 e. The number of amides is 3. The molecule has 0 atom stereocenters. The molecule has 1 saturated heterocycles. The van der Waals surface area contributed by atoms with E-state index in [9.17, 15) is 14.4 Å². The van der Waals surface area contributed by atoms with Crippen LogP contribution in [0.4, 0.5) is 0 Å². The Hall–Kier alpha value is -2.09. The van der Waals surface area contributed by atoms with Gasteiger partial charge in [0.05, 0.1) is 30.0 Å². The monoisotopic (exact) mass is 353 g/mol. The van der Waals surface area contributed by atoms with Gasteiger partial charge in [0, 0.05) is 39.6 Å². The van der Waals surface area contributed by atoms with Crippen LogP contribution in [-0.2, 0) is 27.5 Å². The Balaban J connectivity index is 1.55. The third-order valence-corrected chi connectivity index (χ3v) is 4.83. The lowest BCUT2D eigenvalue weighted by atomic mass is 10.3. The number of aromatic nitrogens is 2. The van der Waals surface area contributed by atoms with Gasteiger partial charge in [-0.1, -0.05) is 11.6 Å². The summed E-state index contributed by atoms with van der Waals surface area (Å²) in [4.78, 5) is 40.9. The van der Waals surface area contributed by atoms with Crippen molar-refractivity contribution in [2.24, 2.45) is 0 Å². The van der Waals surface area contributed by atoms with Gasteiger partial charge in [0.2, 0.25) is 5.91 Å². The molecule has 1 aromatic rings. The number of likely N-dealkylation sites (tertiary alicyclic amines) is 1. The lowest BCUT2D eigenvalue weighted by Gasteiger charge is -2.29. The molecule has 24 heavy (non-hydrogen) atoms. The van der Waals surface area contributed by atoms with Gasteiger partial charge in [0.25, 0.3) is 0 Å². The van der Waals surface area contributed by atoms with E-state index in [1.807, 2.05) is 0 Å². The standard InChI is InChI=1S/C15H20ClN5O3/c1-18(5-6-19-4-2-3-13(19)22)14(23)15(24)20-7-8-21-12(10-20)11(16)9-17-21/h9H,2-8,10H2,1H3. The summed E-state index contributed by atoms with van der Waals surface area (Å²) in [5, 5.41) is 4.63. The van der Waals surface area contributed by atoms with Crippen LogP contribution in [0.2, 0.25) is 5.02 Å². The van der Waals surface area contributed by atoms with E-state index in [0.717, 1.165) is 18.7 Å². The summed E-state index contributed by atoms with van der Waals surface area (Å²) in [6.45, 7) is 2.77. The van der Waals surface area contributed by atoms with Crippen LogP contribution in [0.15, 0.2) is 6.20 Å². The van der Waals surface area contributed by atoms with Crippen LogP contribution in [0.3, 0.4) is 0 Å². The minimum atomic E-state index is -0.564. The number of fused-ring (bicyclic) bond motifs is 1. The molecular formula is C15H20ClN5O3. The molecule has 0 N–H and O–H groups in total. The van der Waals surface area contributed by atoms with Crippen molar-refractivity contribution in [2.45, 2.75) is 25.9 Å². The van der Waals surface area contributed by atoms with Crippen molar-refractivity contribution in [1.29, 1.82) is 0 Å². The smallest absolute Gasteiger partial charge is 0.312 e. The van der Waals surface area contributed by atoms with E-state index in [1.54, 1.807) is 22.8 Å². The normalized spacial score (nSPS) is 17.2. The predicted octanol–water partition coefficient (Wildman–Crippen LogP) is -0.0405. The molecule has 3 rings (SSSR count). The van der Waals surface area contributed by atoms with Gasteiger partial charge in [0.15, 0.2) is 0 Å². The number of carbonyl (C=O) groups excluding carboxylic acids is 3. The lowest BCUT2D eigenvalue weighted by Crippen LogP contribution is -2.48. The van der Waals surface area contributed by atoms with Crippen molar-refractivity contribution in [1.82, 2.24) is 24.5 Å². The molecule has 0 bridgehead atoms. The van der Waals surface area contributed by atoms with Gasteiger partial charge in [-0.25, -0.2) is 0 Å². The first-order valence-electron chi connectivity index (χ1n) is 7.99. The summed E-state index contributed by atoms with van der Waals surface area (Å²) in [5.41, 5.74) is 0.745. The SMILES string of the molecule is CN(CCN1CCCC1=O)C(=O)C(=O)N1CCn2ncc(Cl)c2C1. The fourth-order valence-corrected chi connectivity index (χ4v) is 3.20. The van der Waals surface area contributed by atoms with E-state index in [4.69, 9.17) is 11.6 Å². The molecule has 1 fully saturated rings. The molecule has 8 nitrogen and oxygen atoms in total.